The first-order chi connectivity index (χ1) is 12.8. The van der Waals surface area contributed by atoms with E-state index in [2.05, 4.69) is 0 Å². The largest absolute Gasteiger partial charge is 0.450 e. The Balaban J connectivity index is 2.09. The van der Waals surface area contributed by atoms with Crippen molar-refractivity contribution in [2.24, 2.45) is 5.92 Å². The van der Waals surface area contributed by atoms with Gasteiger partial charge in [0.1, 0.15) is 5.78 Å². The van der Waals surface area contributed by atoms with Crippen molar-refractivity contribution in [3.8, 4) is 11.1 Å². The van der Waals surface area contributed by atoms with E-state index in [0.717, 1.165) is 28.8 Å². The number of fused-ring (bicyclic) bond motifs is 1. The maximum atomic E-state index is 12.9. The summed E-state index contributed by atoms with van der Waals surface area (Å²) in [4.78, 5) is 23.5. The molecule has 27 heavy (non-hydrogen) atoms. The van der Waals surface area contributed by atoms with Gasteiger partial charge in [-0.1, -0.05) is 66.7 Å². The topological polar surface area (TPSA) is 34.1 Å². The van der Waals surface area contributed by atoms with Crippen molar-refractivity contribution in [1.82, 2.24) is 0 Å². The van der Waals surface area contributed by atoms with Crippen LogP contribution in [0.3, 0.4) is 0 Å². The Morgan fingerprint density at radius 1 is 0.852 bits per heavy atom. The second kappa shape index (κ2) is 7.35. The molecule has 3 aromatic carbocycles. The second-order valence-electron chi connectivity index (χ2n) is 6.41. The highest BCUT2D eigenvalue weighted by atomic mass is 19.4. The summed E-state index contributed by atoms with van der Waals surface area (Å²) in [6.45, 7) is 1.02. The van der Waals surface area contributed by atoms with Gasteiger partial charge in [0, 0.05) is 0 Å². The van der Waals surface area contributed by atoms with Gasteiger partial charge in [-0.15, -0.1) is 0 Å². The van der Waals surface area contributed by atoms with E-state index in [0.29, 0.717) is 5.56 Å². The van der Waals surface area contributed by atoms with Gasteiger partial charge in [0.25, 0.3) is 0 Å². The fourth-order valence-electron chi connectivity index (χ4n) is 3.26. The molecule has 0 aliphatic carbocycles. The van der Waals surface area contributed by atoms with E-state index in [1.807, 2.05) is 42.5 Å². The second-order valence-corrected chi connectivity index (χ2v) is 6.41. The molecule has 0 radical (unpaired) electrons. The van der Waals surface area contributed by atoms with Crippen LogP contribution in [0.5, 0.6) is 0 Å². The van der Waals surface area contributed by atoms with Crippen LogP contribution in [-0.2, 0) is 16.0 Å². The fraction of sp³-hybridized carbons (Fsp3) is 0.182. The molecule has 0 bridgehead atoms. The standard InChI is InChI=1S/C22H17F3O2/c1-14(26)20(21(27)22(23,24)25)13-16-8-3-5-11-18(16)19-12-6-9-15-7-2-4-10-17(15)19/h2-12,20H,13H2,1H3. The van der Waals surface area contributed by atoms with E-state index in [1.165, 1.54) is 0 Å². The van der Waals surface area contributed by atoms with Crippen molar-refractivity contribution < 1.29 is 22.8 Å². The molecule has 0 aliphatic rings. The molecule has 0 saturated carbocycles. The fourth-order valence-corrected chi connectivity index (χ4v) is 3.26. The van der Waals surface area contributed by atoms with Crippen molar-refractivity contribution >= 4 is 22.3 Å². The minimum Gasteiger partial charge on any atom is -0.299 e. The first-order valence-corrected chi connectivity index (χ1v) is 8.46. The quantitative estimate of drug-likeness (QED) is 0.565. The van der Waals surface area contributed by atoms with Crippen LogP contribution in [0.2, 0.25) is 0 Å². The van der Waals surface area contributed by atoms with Gasteiger partial charge in [-0.3, -0.25) is 9.59 Å². The third-order valence-corrected chi connectivity index (χ3v) is 4.61. The summed E-state index contributed by atoms with van der Waals surface area (Å²) in [7, 11) is 0. The first-order valence-electron chi connectivity index (χ1n) is 8.46. The molecule has 0 saturated heterocycles. The minimum absolute atomic E-state index is 0.285. The Hall–Kier alpha value is -2.95. The van der Waals surface area contributed by atoms with Crippen LogP contribution in [0, 0.1) is 5.92 Å². The molecule has 0 amide bonds. The van der Waals surface area contributed by atoms with Gasteiger partial charge in [-0.2, -0.15) is 13.2 Å². The molecule has 3 rings (SSSR count). The molecule has 2 nitrogen and oxygen atoms in total. The SMILES string of the molecule is CC(=O)C(Cc1ccccc1-c1cccc2ccccc12)C(=O)C(F)(F)F. The zero-order valence-electron chi connectivity index (χ0n) is 14.6. The molecule has 0 aliphatic heterocycles. The van der Waals surface area contributed by atoms with Crippen molar-refractivity contribution in [2.75, 3.05) is 0 Å². The summed E-state index contributed by atoms with van der Waals surface area (Å²) < 4.78 is 38.7. The number of benzene rings is 3. The van der Waals surface area contributed by atoms with Gasteiger partial charge >= 0.3 is 6.18 Å². The zero-order valence-corrected chi connectivity index (χ0v) is 14.6. The summed E-state index contributed by atoms with van der Waals surface area (Å²) in [5.41, 5.74) is 2.10. The molecule has 0 heterocycles. The predicted octanol–water partition coefficient (Wildman–Crippen LogP) is 5.39. The van der Waals surface area contributed by atoms with Gasteiger partial charge in [-0.05, 0) is 40.8 Å². The Bertz CT molecular complexity index is 1000. The summed E-state index contributed by atoms with van der Waals surface area (Å²) >= 11 is 0. The lowest BCUT2D eigenvalue weighted by atomic mass is 9.86. The number of halogens is 3. The lowest BCUT2D eigenvalue weighted by molar-refractivity contribution is -0.176. The van der Waals surface area contributed by atoms with Crippen LogP contribution in [0.4, 0.5) is 13.2 Å². The molecule has 138 valence electrons. The van der Waals surface area contributed by atoms with Gasteiger partial charge in [-0.25, -0.2) is 0 Å². The molecule has 3 aromatic rings. The number of hydrogen-bond donors (Lipinski definition) is 0. The molecular weight excluding hydrogens is 353 g/mol. The van der Waals surface area contributed by atoms with E-state index in [-0.39, 0.29) is 6.42 Å². The van der Waals surface area contributed by atoms with Crippen molar-refractivity contribution in [1.29, 1.82) is 0 Å². The third-order valence-electron chi connectivity index (χ3n) is 4.61. The van der Waals surface area contributed by atoms with Crippen LogP contribution in [0.25, 0.3) is 21.9 Å². The predicted molar refractivity (Wildman–Crippen MR) is 98.3 cm³/mol. The van der Waals surface area contributed by atoms with Gasteiger partial charge in [0.2, 0.25) is 5.78 Å². The molecule has 0 N–H and O–H groups in total. The Labute approximate surface area is 154 Å². The molecular formula is C22H17F3O2. The number of carbonyl (C=O) groups is 2. The molecule has 1 atom stereocenters. The van der Waals surface area contributed by atoms with Crippen LogP contribution in [0.15, 0.2) is 66.7 Å². The summed E-state index contributed by atoms with van der Waals surface area (Å²) in [6, 6.07) is 20.3. The molecule has 5 heteroatoms. The number of hydrogen-bond acceptors (Lipinski definition) is 2. The van der Waals surface area contributed by atoms with E-state index >= 15 is 0 Å². The minimum atomic E-state index is -5.04. The highest BCUT2D eigenvalue weighted by molar-refractivity contribution is 6.04. The Morgan fingerprint density at radius 2 is 1.44 bits per heavy atom. The number of carbonyl (C=O) groups excluding carboxylic acids is 2. The van der Waals surface area contributed by atoms with Gasteiger partial charge < -0.3 is 0 Å². The smallest absolute Gasteiger partial charge is 0.299 e. The van der Waals surface area contributed by atoms with E-state index in [1.54, 1.807) is 24.3 Å². The molecule has 0 fully saturated rings. The highest BCUT2D eigenvalue weighted by Crippen LogP contribution is 2.33. The van der Waals surface area contributed by atoms with Crippen LogP contribution in [-0.4, -0.2) is 17.7 Å². The number of alkyl halides is 3. The highest BCUT2D eigenvalue weighted by Gasteiger charge is 2.45. The van der Waals surface area contributed by atoms with E-state index in [4.69, 9.17) is 0 Å². The van der Waals surface area contributed by atoms with Crippen molar-refractivity contribution in [3.05, 3.63) is 72.3 Å². The average molecular weight is 370 g/mol. The molecule has 0 spiro atoms. The summed E-state index contributed by atoms with van der Waals surface area (Å²) in [5.74, 6) is -4.52. The maximum absolute atomic E-state index is 12.9. The number of Topliss-reactive ketones (excluding diaryl/α,β-unsaturated/α-hetero) is 2. The zero-order chi connectivity index (χ0) is 19.6. The van der Waals surface area contributed by atoms with E-state index < -0.39 is 23.7 Å². The average Bonchev–Trinajstić information content (AvgIpc) is 2.64. The Kier molecular flexibility index (Phi) is 5.13. The monoisotopic (exact) mass is 370 g/mol. The third kappa shape index (κ3) is 3.92. The summed E-state index contributed by atoms with van der Waals surface area (Å²) in [5, 5.41) is 1.95. The molecule has 0 aromatic heterocycles. The van der Waals surface area contributed by atoms with E-state index in [9.17, 15) is 22.8 Å². The maximum Gasteiger partial charge on any atom is 0.450 e. The van der Waals surface area contributed by atoms with Crippen molar-refractivity contribution in [3.63, 3.8) is 0 Å². The lowest BCUT2D eigenvalue weighted by Gasteiger charge is -2.18. The number of rotatable bonds is 5. The Morgan fingerprint density at radius 3 is 2.15 bits per heavy atom. The van der Waals surface area contributed by atoms with Crippen LogP contribution < -0.4 is 0 Å². The van der Waals surface area contributed by atoms with Crippen LogP contribution in [0.1, 0.15) is 12.5 Å². The summed E-state index contributed by atoms with van der Waals surface area (Å²) in [6.07, 6.45) is -5.32. The van der Waals surface area contributed by atoms with Gasteiger partial charge in [0.15, 0.2) is 0 Å². The first kappa shape index (κ1) is 18.8. The normalized spacial score (nSPS) is 12.7. The van der Waals surface area contributed by atoms with Crippen molar-refractivity contribution in [2.45, 2.75) is 19.5 Å². The number of ketones is 2. The molecule has 1 unspecified atom stereocenters. The lowest BCUT2D eigenvalue weighted by Crippen LogP contribution is -2.35. The van der Waals surface area contributed by atoms with Gasteiger partial charge in [0.05, 0.1) is 5.92 Å². The van der Waals surface area contributed by atoms with Crippen LogP contribution >= 0.6 is 0 Å².